The van der Waals surface area contributed by atoms with E-state index in [1.165, 1.54) is 60.8 Å². The Morgan fingerprint density at radius 1 is 0.391 bits per heavy atom. The van der Waals surface area contributed by atoms with Crippen LogP contribution in [0.1, 0.15) is 22.3 Å². The van der Waals surface area contributed by atoms with E-state index in [9.17, 15) is 0 Å². The Balaban J connectivity index is 0.980. The first-order chi connectivity index (χ1) is 31.4. The minimum atomic E-state index is 0.823. The summed E-state index contributed by atoms with van der Waals surface area (Å²) in [4.78, 5) is 4.68. The Kier molecular flexibility index (Phi) is 8.70. The van der Waals surface area contributed by atoms with Gasteiger partial charge in [-0.1, -0.05) is 109 Å². The van der Waals surface area contributed by atoms with Gasteiger partial charge in [-0.3, -0.25) is 0 Å². The molecule has 0 aliphatic carbocycles. The van der Waals surface area contributed by atoms with Gasteiger partial charge in [0.25, 0.3) is 0 Å². The summed E-state index contributed by atoms with van der Waals surface area (Å²) in [5.74, 6) is 1.68. The van der Waals surface area contributed by atoms with Crippen molar-refractivity contribution < 1.29 is 9.15 Å². The molecule has 1 aliphatic rings. The van der Waals surface area contributed by atoms with E-state index < -0.39 is 0 Å². The number of ether oxygens (including phenoxy) is 1. The smallest absolute Gasteiger partial charge is 0.159 e. The number of fused-ring (bicyclic) bond motifs is 7. The minimum absolute atomic E-state index is 0.823. The number of anilines is 6. The van der Waals surface area contributed by atoms with E-state index in [2.05, 4.69) is 219 Å². The van der Waals surface area contributed by atoms with Gasteiger partial charge in [-0.25, -0.2) is 0 Å². The molecule has 0 amide bonds. The normalized spacial score (nSPS) is 11.9. The van der Waals surface area contributed by atoms with Crippen molar-refractivity contribution in [3.63, 3.8) is 0 Å². The molecule has 0 radical (unpaired) electrons. The van der Waals surface area contributed by atoms with E-state index in [-0.39, 0.29) is 0 Å². The van der Waals surface area contributed by atoms with Crippen molar-refractivity contribution in [3.05, 3.63) is 216 Å². The second-order valence-corrected chi connectivity index (χ2v) is 17.0. The maximum atomic E-state index is 6.93. The highest BCUT2D eigenvalue weighted by Gasteiger charge is 2.27. The molecule has 1 aromatic heterocycles. The molecular weight excluding hydrogens is 781 g/mol. The molecule has 10 aromatic carbocycles. The fourth-order valence-corrected chi connectivity index (χ4v) is 10.2. The first kappa shape index (κ1) is 37.7. The third-order valence-electron chi connectivity index (χ3n) is 13.4. The lowest BCUT2D eigenvalue weighted by molar-refractivity contribution is 0.487. The maximum Gasteiger partial charge on any atom is 0.159 e. The van der Waals surface area contributed by atoms with Gasteiger partial charge < -0.3 is 19.0 Å². The molecule has 306 valence electrons. The van der Waals surface area contributed by atoms with E-state index in [4.69, 9.17) is 9.15 Å². The first-order valence-corrected chi connectivity index (χ1v) is 22.0. The topological polar surface area (TPSA) is 28.9 Å². The van der Waals surface area contributed by atoms with Crippen LogP contribution in [-0.2, 0) is 0 Å². The Morgan fingerprint density at radius 2 is 1.00 bits per heavy atom. The number of nitrogens with zero attached hydrogens (tertiary/aromatic N) is 2. The van der Waals surface area contributed by atoms with E-state index in [1.807, 2.05) is 12.1 Å². The van der Waals surface area contributed by atoms with E-state index in [0.29, 0.717) is 0 Å². The highest BCUT2D eigenvalue weighted by Crippen LogP contribution is 2.52. The molecule has 2 heterocycles. The third-order valence-corrected chi connectivity index (χ3v) is 13.4. The Morgan fingerprint density at radius 3 is 1.70 bits per heavy atom. The molecule has 0 atom stereocenters. The molecule has 4 heteroatoms. The van der Waals surface area contributed by atoms with Crippen LogP contribution in [0.3, 0.4) is 0 Å². The molecule has 0 N–H and O–H groups in total. The first-order valence-electron chi connectivity index (χ1n) is 22.0. The molecule has 0 saturated carbocycles. The van der Waals surface area contributed by atoms with E-state index in [1.54, 1.807) is 0 Å². The van der Waals surface area contributed by atoms with Crippen molar-refractivity contribution in [2.24, 2.45) is 0 Å². The van der Waals surface area contributed by atoms with Gasteiger partial charge in [0.05, 0.1) is 17.1 Å². The number of hydrogen-bond acceptors (Lipinski definition) is 4. The highest BCUT2D eigenvalue weighted by atomic mass is 16.5. The summed E-state index contributed by atoms with van der Waals surface area (Å²) < 4.78 is 13.5. The van der Waals surface area contributed by atoms with Crippen LogP contribution in [-0.4, -0.2) is 0 Å². The van der Waals surface area contributed by atoms with Gasteiger partial charge in [-0.2, -0.15) is 0 Å². The lowest BCUT2D eigenvalue weighted by atomic mass is 9.85. The number of rotatable bonds is 7. The van der Waals surface area contributed by atoms with Crippen molar-refractivity contribution in [3.8, 4) is 33.8 Å². The van der Waals surface area contributed by atoms with Gasteiger partial charge in [0.15, 0.2) is 5.58 Å². The van der Waals surface area contributed by atoms with Crippen LogP contribution in [0.5, 0.6) is 11.5 Å². The zero-order chi connectivity index (χ0) is 43.1. The molecule has 64 heavy (non-hydrogen) atoms. The SMILES string of the molecule is Cc1c(C)c(N(c2ccccc2)c2ccccc2)c(C)c(C)c1-c1ccc2cc3c4c(cccc4c2c1)Oc1cc(N(c2ccccc2)c2cccc4c2oc2ccccc24)ccc1-3. The molecule has 1 aliphatic heterocycles. The summed E-state index contributed by atoms with van der Waals surface area (Å²) >= 11 is 0. The molecule has 0 bridgehead atoms. The van der Waals surface area contributed by atoms with Crippen molar-refractivity contribution >= 4 is 77.6 Å². The Labute approximate surface area is 372 Å². The number of para-hydroxylation sites is 5. The van der Waals surface area contributed by atoms with Crippen LogP contribution in [0.15, 0.2) is 199 Å². The number of benzene rings is 10. The van der Waals surface area contributed by atoms with E-state index in [0.717, 1.165) is 72.8 Å². The molecule has 0 unspecified atom stereocenters. The van der Waals surface area contributed by atoms with Gasteiger partial charge >= 0.3 is 0 Å². The maximum absolute atomic E-state index is 6.93. The van der Waals surface area contributed by atoms with Crippen molar-refractivity contribution in [1.29, 1.82) is 0 Å². The number of hydrogen-bond donors (Lipinski definition) is 0. The molecule has 11 aromatic rings. The lowest BCUT2D eigenvalue weighted by Crippen LogP contribution is -2.15. The van der Waals surface area contributed by atoms with Crippen LogP contribution in [0.2, 0.25) is 0 Å². The average Bonchev–Trinajstić information content (AvgIpc) is 3.73. The molecule has 12 rings (SSSR count). The molecular formula is C60H44N2O2. The van der Waals surface area contributed by atoms with Crippen LogP contribution >= 0.6 is 0 Å². The van der Waals surface area contributed by atoms with Gasteiger partial charge in [0.1, 0.15) is 17.1 Å². The quantitative estimate of drug-likeness (QED) is 0.150. The van der Waals surface area contributed by atoms with Crippen molar-refractivity contribution in [1.82, 2.24) is 0 Å². The lowest BCUT2D eigenvalue weighted by Gasteiger charge is -2.31. The van der Waals surface area contributed by atoms with Crippen molar-refractivity contribution in [2.75, 3.05) is 9.80 Å². The van der Waals surface area contributed by atoms with Gasteiger partial charge in [0.2, 0.25) is 0 Å². The molecule has 0 saturated heterocycles. The third kappa shape index (κ3) is 5.83. The van der Waals surface area contributed by atoms with Gasteiger partial charge in [-0.15, -0.1) is 0 Å². The summed E-state index contributed by atoms with van der Waals surface area (Å²) in [6.07, 6.45) is 0. The second kappa shape index (κ2) is 14.8. The van der Waals surface area contributed by atoms with Crippen LogP contribution in [0, 0.1) is 27.7 Å². The highest BCUT2D eigenvalue weighted by molar-refractivity contribution is 6.18. The summed E-state index contributed by atoms with van der Waals surface area (Å²) in [6.45, 7) is 9.12. The Bertz CT molecular complexity index is 3560. The summed E-state index contributed by atoms with van der Waals surface area (Å²) in [7, 11) is 0. The average molecular weight is 825 g/mol. The fourth-order valence-electron chi connectivity index (χ4n) is 10.2. The molecule has 0 fully saturated rings. The zero-order valence-electron chi connectivity index (χ0n) is 36.2. The van der Waals surface area contributed by atoms with Gasteiger partial charge in [-0.05, 0) is 162 Å². The van der Waals surface area contributed by atoms with Crippen LogP contribution in [0.25, 0.3) is 65.7 Å². The zero-order valence-corrected chi connectivity index (χ0v) is 36.2. The number of furan rings is 1. The van der Waals surface area contributed by atoms with Crippen molar-refractivity contribution in [2.45, 2.75) is 27.7 Å². The fraction of sp³-hybridized carbons (Fsp3) is 0.0667. The Hall–Kier alpha value is -8.08. The van der Waals surface area contributed by atoms with E-state index >= 15 is 0 Å². The largest absolute Gasteiger partial charge is 0.456 e. The predicted molar refractivity (Wildman–Crippen MR) is 268 cm³/mol. The van der Waals surface area contributed by atoms with Crippen LogP contribution in [0.4, 0.5) is 34.1 Å². The second-order valence-electron chi connectivity index (χ2n) is 17.0. The van der Waals surface area contributed by atoms with Crippen LogP contribution < -0.4 is 14.5 Å². The molecule has 0 spiro atoms. The molecule has 4 nitrogen and oxygen atoms in total. The summed E-state index contributed by atoms with van der Waals surface area (Å²) in [5, 5.41) is 6.92. The summed E-state index contributed by atoms with van der Waals surface area (Å²) in [6, 6.07) is 69.0. The summed E-state index contributed by atoms with van der Waals surface area (Å²) in [5.41, 5.74) is 18.1. The predicted octanol–water partition coefficient (Wildman–Crippen LogP) is 17.5. The standard InChI is InChI=1S/C60H44N2O2/c1-37-39(3)59(62(44-20-10-6-11-21-44)45-22-12-7-13-23-45)40(4)38(2)57(37)42-31-30-41-34-52-48-33-32-46(36-56(48)63-55-29-17-25-49(58(52)55)51(41)35-42)61(43-18-8-5-9-19-43)53-27-16-26-50-47-24-14-15-28-54(47)64-60(50)53/h5-36H,1-4H3. The minimum Gasteiger partial charge on any atom is -0.456 e. The van der Waals surface area contributed by atoms with Gasteiger partial charge in [0, 0.05) is 44.9 Å². The monoisotopic (exact) mass is 824 g/mol.